The number of rotatable bonds is 3. The van der Waals surface area contributed by atoms with E-state index < -0.39 is 0 Å². The van der Waals surface area contributed by atoms with Crippen molar-refractivity contribution < 1.29 is 4.84 Å². The lowest BCUT2D eigenvalue weighted by molar-refractivity contribution is -0.162. The Bertz CT molecular complexity index is 322. The Hall–Kier alpha value is -0.810. The molecule has 1 heterocycles. The number of hydrogen-bond acceptors (Lipinski definition) is 4. The lowest BCUT2D eigenvalue weighted by Gasteiger charge is -2.37. The molecule has 1 N–H and O–H groups in total. The molecule has 1 atom stereocenters. The summed E-state index contributed by atoms with van der Waals surface area (Å²) in [6, 6.07) is 10.1. The van der Waals surface area contributed by atoms with E-state index in [9.17, 15) is 0 Å². The van der Waals surface area contributed by atoms with Gasteiger partial charge in [-0.25, -0.2) is 5.01 Å². The number of halogens is 1. The first kappa shape index (κ1) is 11.7. The van der Waals surface area contributed by atoms with Crippen molar-refractivity contribution >= 4 is 17.3 Å². The highest BCUT2D eigenvalue weighted by Gasteiger charge is 2.25. The Morgan fingerprint density at radius 1 is 1.31 bits per heavy atom. The number of alkyl halides is 1. The number of piperazine rings is 1. The van der Waals surface area contributed by atoms with Crippen molar-refractivity contribution in [3.05, 3.63) is 30.3 Å². The summed E-state index contributed by atoms with van der Waals surface area (Å²) < 4.78 is 0. The van der Waals surface area contributed by atoms with Gasteiger partial charge >= 0.3 is 0 Å². The molecule has 1 aromatic carbocycles. The molecule has 0 saturated carbocycles. The molecule has 0 amide bonds. The van der Waals surface area contributed by atoms with Gasteiger partial charge in [0.15, 0.2) is 0 Å². The molecule has 1 aliphatic rings. The minimum absolute atomic E-state index is 0.116. The quantitative estimate of drug-likeness (QED) is 0.645. The van der Waals surface area contributed by atoms with Gasteiger partial charge in [-0.3, -0.25) is 0 Å². The van der Waals surface area contributed by atoms with Gasteiger partial charge in [0.05, 0.1) is 7.11 Å². The second kappa shape index (κ2) is 5.50. The molecular weight excluding hydrogens is 226 g/mol. The smallest absolute Gasteiger partial charge is 0.123 e. The van der Waals surface area contributed by atoms with E-state index in [1.165, 1.54) is 0 Å². The van der Waals surface area contributed by atoms with Crippen molar-refractivity contribution in [3.8, 4) is 0 Å². The topological polar surface area (TPSA) is 27.7 Å². The molecule has 1 unspecified atom stereocenters. The van der Waals surface area contributed by atoms with E-state index in [4.69, 9.17) is 16.4 Å². The van der Waals surface area contributed by atoms with Crippen LogP contribution in [0.5, 0.6) is 0 Å². The van der Waals surface area contributed by atoms with Crippen LogP contribution in [-0.2, 0) is 4.84 Å². The van der Waals surface area contributed by atoms with Gasteiger partial charge < -0.3 is 10.3 Å². The maximum Gasteiger partial charge on any atom is 0.123 e. The molecule has 1 fully saturated rings. The van der Waals surface area contributed by atoms with Crippen LogP contribution in [0, 0.1) is 0 Å². The number of hydrazine groups is 1. The maximum atomic E-state index is 6.16. The van der Waals surface area contributed by atoms with Gasteiger partial charge in [0.2, 0.25) is 0 Å². The van der Waals surface area contributed by atoms with Crippen LogP contribution in [0.4, 0.5) is 5.69 Å². The first-order valence-corrected chi connectivity index (χ1v) is 5.74. The summed E-state index contributed by atoms with van der Waals surface area (Å²) in [7, 11) is 1.65. The first-order chi connectivity index (χ1) is 7.79. The van der Waals surface area contributed by atoms with E-state index in [-0.39, 0.29) is 5.50 Å². The van der Waals surface area contributed by atoms with Crippen LogP contribution >= 0.6 is 11.6 Å². The standard InChI is InChI=1S/C11H16ClN3O/c1-16-15-8-7-14(9-11(15)12)13-10-5-3-2-4-6-10/h2-6,11,13H,7-9H2,1H3. The summed E-state index contributed by atoms with van der Waals surface area (Å²) in [5.74, 6) is 0. The molecule has 0 aromatic heterocycles. The Morgan fingerprint density at radius 2 is 2.06 bits per heavy atom. The Balaban J connectivity index is 1.89. The summed E-state index contributed by atoms with van der Waals surface area (Å²) in [6.45, 7) is 2.40. The van der Waals surface area contributed by atoms with Gasteiger partial charge in [0.1, 0.15) is 5.50 Å². The summed E-state index contributed by atoms with van der Waals surface area (Å²) in [6.07, 6.45) is 0. The minimum atomic E-state index is -0.116. The molecule has 1 aromatic rings. The summed E-state index contributed by atoms with van der Waals surface area (Å²) in [4.78, 5) is 5.15. The summed E-state index contributed by atoms with van der Waals surface area (Å²) in [5.41, 5.74) is 4.29. The first-order valence-electron chi connectivity index (χ1n) is 5.31. The van der Waals surface area contributed by atoms with E-state index in [2.05, 4.69) is 10.4 Å². The number of anilines is 1. The van der Waals surface area contributed by atoms with Crippen molar-refractivity contribution in [2.24, 2.45) is 0 Å². The molecule has 0 radical (unpaired) electrons. The largest absolute Gasteiger partial charge is 0.319 e. The van der Waals surface area contributed by atoms with Crippen molar-refractivity contribution in [2.75, 3.05) is 32.2 Å². The van der Waals surface area contributed by atoms with Crippen LogP contribution in [0.2, 0.25) is 0 Å². The van der Waals surface area contributed by atoms with Crippen molar-refractivity contribution in [1.29, 1.82) is 0 Å². The fourth-order valence-electron chi connectivity index (χ4n) is 1.73. The van der Waals surface area contributed by atoms with Crippen LogP contribution in [0.15, 0.2) is 30.3 Å². The van der Waals surface area contributed by atoms with E-state index in [1.54, 1.807) is 12.2 Å². The molecule has 0 bridgehead atoms. The predicted molar refractivity (Wildman–Crippen MR) is 65.0 cm³/mol. The van der Waals surface area contributed by atoms with Crippen LogP contribution < -0.4 is 5.43 Å². The fourth-order valence-corrected chi connectivity index (χ4v) is 2.07. The molecule has 1 aliphatic heterocycles. The average molecular weight is 242 g/mol. The van der Waals surface area contributed by atoms with Crippen LogP contribution in [0.1, 0.15) is 0 Å². The van der Waals surface area contributed by atoms with Gasteiger partial charge in [0.25, 0.3) is 0 Å². The SMILES string of the molecule is CON1CCN(Nc2ccccc2)CC1Cl. The van der Waals surface area contributed by atoms with E-state index in [1.807, 2.05) is 30.3 Å². The highest BCUT2D eigenvalue weighted by atomic mass is 35.5. The Kier molecular flexibility index (Phi) is 4.01. The lowest BCUT2D eigenvalue weighted by atomic mass is 10.3. The van der Waals surface area contributed by atoms with Crippen LogP contribution in [0.25, 0.3) is 0 Å². The van der Waals surface area contributed by atoms with E-state index in [0.717, 1.165) is 25.3 Å². The average Bonchev–Trinajstić information content (AvgIpc) is 2.31. The van der Waals surface area contributed by atoms with Gasteiger partial charge in [0, 0.05) is 25.3 Å². The highest BCUT2D eigenvalue weighted by molar-refractivity contribution is 6.20. The third-order valence-corrected chi connectivity index (χ3v) is 2.93. The van der Waals surface area contributed by atoms with E-state index in [0.29, 0.717) is 0 Å². The van der Waals surface area contributed by atoms with Gasteiger partial charge in [-0.15, -0.1) is 11.6 Å². The van der Waals surface area contributed by atoms with Gasteiger partial charge in [-0.05, 0) is 12.1 Å². The molecule has 4 nitrogen and oxygen atoms in total. The zero-order valence-corrected chi connectivity index (χ0v) is 10.0. The van der Waals surface area contributed by atoms with Crippen molar-refractivity contribution in [1.82, 2.24) is 10.1 Å². The molecule has 0 spiro atoms. The third-order valence-electron chi connectivity index (χ3n) is 2.57. The highest BCUT2D eigenvalue weighted by Crippen LogP contribution is 2.14. The maximum absolute atomic E-state index is 6.16. The normalized spacial score (nSPS) is 23.2. The number of hydrogen-bond donors (Lipinski definition) is 1. The zero-order chi connectivity index (χ0) is 11.4. The van der Waals surface area contributed by atoms with Crippen molar-refractivity contribution in [2.45, 2.75) is 5.50 Å². The molecule has 0 aliphatic carbocycles. The zero-order valence-electron chi connectivity index (χ0n) is 9.27. The predicted octanol–water partition coefficient (Wildman–Crippen LogP) is 1.76. The van der Waals surface area contributed by atoms with Gasteiger partial charge in [-0.2, -0.15) is 5.06 Å². The van der Waals surface area contributed by atoms with Crippen LogP contribution in [0.3, 0.4) is 0 Å². The van der Waals surface area contributed by atoms with Crippen LogP contribution in [-0.4, -0.2) is 42.3 Å². The third kappa shape index (κ3) is 2.86. The van der Waals surface area contributed by atoms with Gasteiger partial charge in [-0.1, -0.05) is 18.2 Å². The van der Waals surface area contributed by atoms with Crippen molar-refractivity contribution in [3.63, 3.8) is 0 Å². The Morgan fingerprint density at radius 3 is 2.69 bits per heavy atom. The Labute approximate surface area is 101 Å². The number of nitrogens with one attached hydrogen (secondary N) is 1. The number of para-hydroxylation sites is 1. The molecule has 5 heteroatoms. The second-order valence-electron chi connectivity index (χ2n) is 3.68. The fraction of sp³-hybridized carbons (Fsp3) is 0.455. The minimum Gasteiger partial charge on any atom is -0.319 e. The second-order valence-corrected chi connectivity index (χ2v) is 4.19. The molecule has 2 rings (SSSR count). The van der Waals surface area contributed by atoms with E-state index >= 15 is 0 Å². The number of nitrogens with zero attached hydrogens (tertiary/aromatic N) is 2. The summed E-state index contributed by atoms with van der Waals surface area (Å²) >= 11 is 6.16. The number of benzene rings is 1. The molecule has 88 valence electrons. The number of hydroxylamine groups is 2. The molecular formula is C11H16ClN3O. The summed E-state index contributed by atoms with van der Waals surface area (Å²) in [5, 5.41) is 3.88. The molecule has 16 heavy (non-hydrogen) atoms. The molecule has 1 saturated heterocycles. The lowest BCUT2D eigenvalue weighted by Crippen LogP contribution is -2.51. The monoisotopic (exact) mass is 241 g/mol.